The summed E-state index contributed by atoms with van der Waals surface area (Å²) in [7, 11) is 0. The summed E-state index contributed by atoms with van der Waals surface area (Å²) in [5.41, 5.74) is 6.12. The van der Waals surface area contributed by atoms with E-state index in [4.69, 9.17) is 9.84 Å². The van der Waals surface area contributed by atoms with E-state index >= 15 is 0 Å². The van der Waals surface area contributed by atoms with E-state index in [1.807, 2.05) is 59.8 Å². The molecule has 3 heterocycles. The molecule has 0 spiro atoms. The van der Waals surface area contributed by atoms with Gasteiger partial charge in [-0.25, -0.2) is 4.68 Å². The summed E-state index contributed by atoms with van der Waals surface area (Å²) in [6.45, 7) is 7.62. The van der Waals surface area contributed by atoms with Gasteiger partial charge in [-0.1, -0.05) is 30.7 Å². The van der Waals surface area contributed by atoms with Gasteiger partial charge >= 0.3 is 0 Å². The van der Waals surface area contributed by atoms with Crippen LogP contribution in [0.1, 0.15) is 47.3 Å². The lowest BCUT2D eigenvalue weighted by Gasteiger charge is -2.34. The van der Waals surface area contributed by atoms with Crippen molar-refractivity contribution >= 4 is 5.91 Å². The Morgan fingerprint density at radius 1 is 1.11 bits per heavy atom. The number of ether oxygens (including phenoxy) is 1. The lowest BCUT2D eigenvalue weighted by molar-refractivity contribution is -0.131. The first-order chi connectivity index (χ1) is 17.5. The zero-order valence-electron chi connectivity index (χ0n) is 21.3. The van der Waals surface area contributed by atoms with Crippen molar-refractivity contribution in [1.29, 1.82) is 0 Å². The maximum atomic E-state index is 13.5. The zero-order chi connectivity index (χ0) is 25.1. The van der Waals surface area contributed by atoms with Gasteiger partial charge in [0.05, 0.1) is 31.0 Å². The first-order valence-corrected chi connectivity index (χ1v) is 13.0. The second-order valence-corrected chi connectivity index (χ2v) is 9.98. The SMILES string of the molecule is Cc1nn(-c2ccccc2)c(C)c1CC(=O)N1CCOc2ccc(CN3CCCCC3CO)cc2C1. The number of likely N-dealkylation sites (tertiary alicyclic amines) is 1. The highest BCUT2D eigenvalue weighted by atomic mass is 16.5. The number of para-hydroxylation sites is 1. The van der Waals surface area contributed by atoms with E-state index < -0.39 is 0 Å². The minimum Gasteiger partial charge on any atom is -0.491 e. The molecule has 0 radical (unpaired) electrons. The van der Waals surface area contributed by atoms with Gasteiger partial charge in [-0.05, 0) is 63.1 Å². The molecule has 0 bridgehead atoms. The van der Waals surface area contributed by atoms with E-state index in [9.17, 15) is 9.90 Å². The van der Waals surface area contributed by atoms with Gasteiger partial charge in [-0.3, -0.25) is 9.69 Å². The molecular formula is C29H36N4O3. The van der Waals surface area contributed by atoms with Gasteiger partial charge < -0.3 is 14.7 Å². The Hall–Kier alpha value is -3.16. The molecule has 1 amide bonds. The number of carbonyl (C=O) groups is 1. The van der Waals surface area contributed by atoms with Gasteiger partial charge in [0.1, 0.15) is 12.4 Å². The molecule has 3 aromatic rings. The van der Waals surface area contributed by atoms with Crippen LogP contribution in [0.5, 0.6) is 5.75 Å². The number of rotatable bonds is 6. The lowest BCUT2D eigenvalue weighted by atomic mass is 10.0. The van der Waals surface area contributed by atoms with Crippen molar-refractivity contribution in [2.75, 3.05) is 26.3 Å². The van der Waals surface area contributed by atoms with Crippen LogP contribution in [0.4, 0.5) is 0 Å². The monoisotopic (exact) mass is 488 g/mol. The fourth-order valence-electron chi connectivity index (χ4n) is 5.48. The molecule has 7 nitrogen and oxygen atoms in total. The van der Waals surface area contributed by atoms with Crippen molar-refractivity contribution in [2.24, 2.45) is 0 Å². The highest BCUT2D eigenvalue weighted by Crippen LogP contribution is 2.27. The number of nitrogens with zero attached hydrogens (tertiary/aromatic N) is 4. The molecule has 1 atom stereocenters. The van der Waals surface area contributed by atoms with Crippen molar-refractivity contribution in [3.05, 3.63) is 76.6 Å². The summed E-state index contributed by atoms with van der Waals surface area (Å²) in [5.74, 6) is 0.947. The van der Waals surface area contributed by atoms with Crippen LogP contribution in [0, 0.1) is 13.8 Å². The number of aliphatic hydroxyl groups is 1. The van der Waals surface area contributed by atoms with Crippen LogP contribution in [0.15, 0.2) is 48.5 Å². The van der Waals surface area contributed by atoms with Gasteiger partial charge in [-0.15, -0.1) is 0 Å². The van der Waals surface area contributed by atoms with Gasteiger partial charge in [0.15, 0.2) is 0 Å². The molecule has 36 heavy (non-hydrogen) atoms. The number of fused-ring (bicyclic) bond motifs is 1. The lowest BCUT2D eigenvalue weighted by Crippen LogP contribution is -2.41. The molecule has 1 aromatic heterocycles. The van der Waals surface area contributed by atoms with E-state index in [1.165, 1.54) is 18.4 Å². The number of amides is 1. The summed E-state index contributed by atoms with van der Waals surface area (Å²) in [4.78, 5) is 17.7. The van der Waals surface area contributed by atoms with E-state index in [0.717, 1.165) is 53.5 Å². The molecule has 2 aliphatic rings. The Morgan fingerprint density at radius 3 is 2.75 bits per heavy atom. The number of benzene rings is 2. The maximum Gasteiger partial charge on any atom is 0.227 e. The normalized spacial score (nSPS) is 18.4. The van der Waals surface area contributed by atoms with Gasteiger partial charge in [0.25, 0.3) is 0 Å². The van der Waals surface area contributed by atoms with Gasteiger partial charge in [-0.2, -0.15) is 5.10 Å². The molecule has 190 valence electrons. The summed E-state index contributed by atoms with van der Waals surface area (Å²) >= 11 is 0. The smallest absolute Gasteiger partial charge is 0.227 e. The number of aryl methyl sites for hydroxylation is 1. The maximum absolute atomic E-state index is 13.5. The Labute approximate surface area is 213 Å². The zero-order valence-corrected chi connectivity index (χ0v) is 21.3. The van der Waals surface area contributed by atoms with Crippen molar-refractivity contribution < 1.29 is 14.6 Å². The van der Waals surface area contributed by atoms with E-state index in [1.54, 1.807) is 0 Å². The summed E-state index contributed by atoms with van der Waals surface area (Å²) in [6.07, 6.45) is 3.73. The Kier molecular flexibility index (Phi) is 7.39. The number of hydrogen-bond donors (Lipinski definition) is 1. The van der Waals surface area contributed by atoms with E-state index in [-0.39, 0.29) is 18.6 Å². The van der Waals surface area contributed by atoms with Crippen molar-refractivity contribution in [1.82, 2.24) is 19.6 Å². The van der Waals surface area contributed by atoms with Gasteiger partial charge in [0.2, 0.25) is 5.91 Å². The molecule has 1 fully saturated rings. The number of hydrogen-bond acceptors (Lipinski definition) is 5. The first kappa shape index (κ1) is 24.5. The molecule has 0 aliphatic carbocycles. The quantitative estimate of drug-likeness (QED) is 0.572. The van der Waals surface area contributed by atoms with Gasteiger partial charge in [0, 0.05) is 36.0 Å². The van der Waals surface area contributed by atoms with E-state index in [2.05, 4.69) is 17.0 Å². The molecule has 5 rings (SSSR count). The van der Waals surface area contributed by atoms with Crippen LogP contribution in [-0.2, 0) is 24.3 Å². The van der Waals surface area contributed by atoms with Crippen LogP contribution in [0.2, 0.25) is 0 Å². The minimum atomic E-state index is 0.0899. The number of carbonyl (C=O) groups excluding carboxylic acids is 1. The van der Waals surface area contributed by atoms with Crippen LogP contribution in [0.3, 0.4) is 0 Å². The molecule has 0 saturated carbocycles. The molecule has 1 N–H and O–H groups in total. The van der Waals surface area contributed by atoms with Crippen molar-refractivity contribution in [2.45, 2.75) is 58.7 Å². The molecule has 2 aromatic carbocycles. The van der Waals surface area contributed by atoms with E-state index in [0.29, 0.717) is 26.1 Å². The highest BCUT2D eigenvalue weighted by Gasteiger charge is 2.25. The Balaban J connectivity index is 1.31. The minimum absolute atomic E-state index is 0.0899. The summed E-state index contributed by atoms with van der Waals surface area (Å²) < 4.78 is 7.93. The summed E-state index contributed by atoms with van der Waals surface area (Å²) in [6, 6.07) is 16.6. The fourth-order valence-corrected chi connectivity index (χ4v) is 5.48. The Morgan fingerprint density at radius 2 is 1.94 bits per heavy atom. The summed E-state index contributed by atoms with van der Waals surface area (Å²) in [5, 5.41) is 14.5. The predicted octanol–water partition coefficient (Wildman–Crippen LogP) is 3.80. The highest BCUT2D eigenvalue weighted by molar-refractivity contribution is 5.79. The topological polar surface area (TPSA) is 70.8 Å². The average molecular weight is 489 g/mol. The third-order valence-corrected chi connectivity index (χ3v) is 7.57. The van der Waals surface area contributed by atoms with Crippen molar-refractivity contribution in [3.8, 4) is 11.4 Å². The largest absolute Gasteiger partial charge is 0.491 e. The first-order valence-electron chi connectivity index (χ1n) is 13.0. The van der Waals surface area contributed by atoms with Crippen molar-refractivity contribution in [3.63, 3.8) is 0 Å². The number of aliphatic hydroxyl groups excluding tert-OH is 1. The predicted molar refractivity (Wildman–Crippen MR) is 139 cm³/mol. The third-order valence-electron chi connectivity index (χ3n) is 7.57. The molecule has 7 heteroatoms. The second-order valence-electron chi connectivity index (χ2n) is 9.98. The third kappa shape index (κ3) is 5.18. The molecule has 1 saturated heterocycles. The number of piperidine rings is 1. The fraction of sp³-hybridized carbons (Fsp3) is 0.448. The molecule has 1 unspecified atom stereocenters. The number of aromatic nitrogens is 2. The molecular weight excluding hydrogens is 452 g/mol. The molecule has 2 aliphatic heterocycles. The second kappa shape index (κ2) is 10.8. The van der Waals surface area contributed by atoms with Crippen LogP contribution in [-0.4, -0.2) is 62.9 Å². The van der Waals surface area contributed by atoms with Crippen LogP contribution >= 0.6 is 0 Å². The average Bonchev–Trinajstić information content (AvgIpc) is 3.06. The van der Waals surface area contributed by atoms with Crippen LogP contribution < -0.4 is 4.74 Å². The Bertz CT molecular complexity index is 1210. The standard InChI is InChI=1S/C29H36N4O3/c1-21-27(22(2)33(30-21)25-8-4-3-5-9-25)17-29(35)32-14-15-36-28-12-11-23(16-24(28)19-32)18-31-13-7-6-10-26(31)20-34/h3-5,8-9,11-12,16,26,34H,6-7,10,13-15,17-20H2,1-2H3. The van der Waals surface area contributed by atoms with Crippen LogP contribution in [0.25, 0.3) is 5.69 Å².